The second-order valence-electron chi connectivity index (χ2n) is 8.61. The molecule has 0 saturated carbocycles. The highest BCUT2D eigenvalue weighted by Gasteiger charge is 2.43. The molecule has 1 aliphatic heterocycles. The maximum Gasteiger partial charge on any atom is 0.0427 e. The van der Waals surface area contributed by atoms with Gasteiger partial charge in [0.2, 0.25) is 0 Å². The molecule has 0 spiro atoms. The smallest absolute Gasteiger partial charge is 0.0427 e. The molecule has 1 unspecified atom stereocenters. The van der Waals surface area contributed by atoms with Crippen LogP contribution in [0.15, 0.2) is 0 Å². The monoisotopic (exact) mass is 314 g/mol. The predicted molar refractivity (Wildman–Crippen MR) is 98.0 cm³/mol. The molecule has 0 aromatic carbocycles. The predicted octanol–water partition coefficient (Wildman–Crippen LogP) is 4.24. The second kappa shape index (κ2) is 8.21. The Balaban J connectivity index is 2.84. The number of hydrogen-bond acceptors (Lipinski definition) is 3. The Morgan fingerprint density at radius 3 is 1.90 bits per heavy atom. The minimum Gasteiger partial charge on any atom is -0.329 e. The van der Waals surface area contributed by atoms with Crippen LogP contribution in [0.3, 0.4) is 0 Å². The highest BCUT2D eigenvalue weighted by Crippen LogP contribution is 2.42. The van der Waals surface area contributed by atoms with E-state index in [1.807, 2.05) is 0 Å². The van der Waals surface area contributed by atoms with Crippen molar-refractivity contribution in [3.05, 3.63) is 0 Å². The first-order chi connectivity index (χ1) is 9.71. The van der Waals surface area contributed by atoms with Gasteiger partial charge in [-0.05, 0) is 55.4 Å². The Morgan fingerprint density at radius 2 is 1.52 bits per heavy atom. The minimum absolute atomic E-state index is 0.218. The molecule has 2 nitrogen and oxygen atoms in total. The number of nitrogens with two attached hydrogens (primary N) is 1. The zero-order valence-electron chi connectivity index (χ0n) is 15.2. The molecule has 1 rings (SSSR count). The van der Waals surface area contributed by atoms with Crippen molar-refractivity contribution < 1.29 is 0 Å². The Morgan fingerprint density at radius 1 is 1.00 bits per heavy atom. The number of hydrogen-bond donors (Lipinski definition) is 1. The average molecular weight is 315 g/mol. The van der Waals surface area contributed by atoms with Crippen LogP contribution < -0.4 is 5.73 Å². The van der Waals surface area contributed by atoms with E-state index in [1.54, 1.807) is 0 Å². The second-order valence-corrected chi connectivity index (χ2v) is 9.60. The molecule has 1 atom stereocenters. The van der Waals surface area contributed by atoms with Gasteiger partial charge in [0, 0.05) is 17.8 Å². The van der Waals surface area contributed by atoms with Crippen LogP contribution in [0.25, 0.3) is 0 Å². The minimum atomic E-state index is 0.218. The fourth-order valence-electron chi connectivity index (χ4n) is 3.39. The molecule has 0 aromatic rings. The number of rotatable bonds is 8. The molecule has 3 heteroatoms. The van der Waals surface area contributed by atoms with E-state index in [9.17, 15) is 0 Å². The fraction of sp³-hybridized carbons (Fsp3) is 1.00. The molecular weight excluding hydrogens is 276 g/mol. The normalized spacial score (nSPS) is 26.0. The van der Waals surface area contributed by atoms with Crippen molar-refractivity contribution in [1.82, 2.24) is 4.90 Å². The summed E-state index contributed by atoms with van der Waals surface area (Å²) >= 11 is 2.11. The van der Waals surface area contributed by atoms with Crippen LogP contribution in [-0.2, 0) is 0 Å². The summed E-state index contributed by atoms with van der Waals surface area (Å²) in [6, 6.07) is 0. The summed E-state index contributed by atoms with van der Waals surface area (Å²) in [4.78, 5) is 2.75. The molecule has 126 valence electrons. The SMILES string of the molecule is CC(C)CCN(CCC(C)C)C1(CN)CSCC(C)(C)C1. The Hall–Kier alpha value is 0.270. The standard InChI is InChI=1S/C18H38N2S/c1-15(2)7-9-20(10-8-16(3)4)18(12-19)11-17(5,6)13-21-14-18/h15-16H,7-14,19H2,1-6H3. The zero-order chi connectivity index (χ0) is 16.1. The molecule has 0 radical (unpaired) electrons. The first-order valence-corrected chi connectivity index (χ1v) is 9.89. The first-order valence-electron chi connectivity index (χ1n) is 8.74. The third-order valence-electron chi connectivity index (χ3n) is 4.67. The average Bonchev–Trinajstić information content (AvgIpc) is 2.36. The fourth-order valence-corrected chi connectivity index (χ4v) is 4.93. The van der Waals surface area contributed by atoms with Gasteiger partial charge in [0.25, 0.3) is 0 Å². The van der Waals surface area contributed by atoms with Crippen molar-refractivity contribution in [3.8, 4) is 0 Å². The van der Waals surface area contributed by atoms with Crippen LogP contribution in [0.2, 0.25) is 0 Å². The maximum absolute atomic E-state index is 6.32. The van der Waals surface area contributed by atoms with Gasteiger partial charge in [-0.1, -0.05) is 41.5 Å². The van der Waals surface area contributed by atoms with Gasteiger partial charge in [-0.25, -0.2) is 0 Å². The molecule has 0 amide bonds. The first kappa shape index (κ1) is 19.3. The van der Waals surface area contributed by atoms with Gasteiger partial charge in [-0.3, -0.25) is 4.90 Å². The maximum atomic E-state index is 6.32. The summed E-state index contributed by atoms with van der Waals surface area (Å²) in [5.41, 5.74) is 6.95. The third kappa shape index (κ3) is 6.11. The summed E-state index contributed by atoms with van der Waals surface area (Å²) in [5, 5.41) is 0. The third-order valence-corrected chi connectivity index (χ3v) is 6.40. The van der Waals surface area contributed by atoms with Crippen molar-refractivity contribution in [3.63, 3.8) is 0 Å². The summed E-state index contributed by atoms with van der Waals surface area (Å²) in [5.74, 6) is 4.02. The highest BCUT2D eigenvalue weighted by atomic mass is 32.2. The summed E-state index contributed by atoms with van der Waals surface area (Å²) in [7, 11) is 0. The van der Waals surface area contributed by atoms with E-state index in [0.717, 1.165) is 18.4 Å². The molecule has 1 heterocycles. The molecule has 1 fully saturated rings. The molecule has 21 heavy (non-hydrogen) atoms. The largest absolute Gasteiger partial charge is 0.329 e. The lowest BCUT2D eigenvalue weighted by molar-refractivity contribution is 0.0599. The molecule has 2 N–H and O–H groups in total. The van der Waals surface area contributed by atoms with Crippen molar-refractivity contribution >= 4 is 11.8 Å². The van der Waals surface area contributed by atoms with Gasteiger partial charge in [0.05, 0.1) is 0 Å². The lowest BCUT2D eigenvalue weighted by Gasteiger charge is -2.51. The van der Waals surface area contributed by atoms with Gasteiger partial charge >= 0.3 is 0 Å². The van der Waals surface area contributed by atoms with Crippen molar-refractivity contribution in [2.24, 2.45) is 23.0 Å². The van der Waals surface area contributed by atoms with Gasteiger partial charge in [0.15, 0.2) is 0 Å². The van der Waals surface area contributed by atoms with E-state index in [2.05, 4.69) is 58.2 Å². The summed E-state index contributed by atoms with van der Waals surface area (Å²) < 4.78 is 0. The van der Waals surface area contributed by atoms with Crippen LogP contribution >= 0.6 is 11.8 Å². The van der Waals surface area contributed by atoms with E-state index in [1.165, 1.54) is 43.9 Å². The number of nitrogens with zero attached hydrogens (tertiary/aromatic N) is 1. The van der Waals surface area contributed by atoms with E-state index in [4.69, 9.17) is 5.73 Å². The van der Waals surface area contributed by atoms with Crippen LogP contribution in [0.4, 0.5) is 0 Å². The molecule has 0 aromatic heterocycles. The quantitative estimate of drug-likeness (QED) is 0.726. The molecule has 1 aliphatic rings. The van der Waals surface area contributed by atoms with E-state index < -0.39 is 0 Å². The topological polar surface area (TPSA) is 29.3 Å². The lowest BCUT2D eigenvalue weighted by atomic mass is 9.78. The summed E-state index contributed by atoms with van der Waals surface area (Å²) in [6.45, 7) is 17.4. The highest BCUT2D eigenvalue weighted by molar-refractivity contribution is 7.99. The molecule has 0 bridgehead atoms. The van der Waals surface area contributed by atoms with E-state index in [0.29, 0.717) is 5.41 Å². The molecule has 1 saturated heterocycles. The van der Waals surface area contributed by atoms with Gasteiger partial charge in [0.1, 0.15) is 0 Å². The van der Waals surface area contributed by atoms with Gasteiger partial charge in [-0.15, -0.1) is 0 Å². The van der Waals surface area contributed by atoms with Crippen molar-refractivity contribution in [2.75, 3.05) is 31.1 Å². The zero-order valence-corrected chi connectivity index (χ0v) is 16.1. The Kier molecular flexibility index (Phi) is 7.56. The molecule has 0 aliphatic carbocycles. The lowest BCUT2D eigenvalue weighted by Crippen LogP contribution is -2.60. The summed E-state index contributed by atoms with van der Waals surface area (Å²) in [6.07, 6.45) is 3.82. The van der Waals surface area contributed by atoms with E-state index >= 15 is 0 Å². The van der Waals surface area contributed by atoms with Gasteiger partial charge < -0.3 is 5.73 Å². The van der Waals surface area contributed by atoms with Crippen molar-refractivity contribution in [1.29, 1.82) is 0 Å². The van der Waals surface area contributed by atoms with E-state index in [-0.39, 0.29) is 5.54 Å². The number of thioether (sulfide) groups is 1. The Labute approximate surface area is 137 Å². The van der Waals surface area contributed by atoms with Crippen LogP contribution in [0, 0.1) is 17.3 Å². The molecular formula is C18H38N2S. The van der Waals surface area contributed by atoms with Gasteiger partial charge in [-0.2, -0.15) is 11.8 Å². The van der Waals surface area contributed by atoms with Crippen LogP contribution in [0.5, 0.6) is 0 Å². The van der Waals surface area contributed by atoms with Crippen LogP contribution in [0.1, 0.15) is 60.8 Å². The van der Waals surface area contributed by atoms with Crippen LogP contribution in [-0.4, -0.2) is 41.6 Å². The van der Waals surface area contributed by atoms with Crippen molar-refractivity contribution in [2.45, 2.75) is 66.3 Å². The Bertz CT molecular complexity index is 290.